The van der Waals surface area contributed by atoms with Gasteiger partial charge < -0.3 is 9.32 Å². The highest BCUT2D eigenvalue weighted by Crippen LogP contribution is 2.17. The topological polar surface area (TPSA) is 59.2 Å². The minimum atomic E-state index is 0.161. The van der Waals surface area contributed by atoms with Gasteiger partial charge in [-0.3, -0.25) is 4.79 Å². The van der Waals surface area contributed by atoms with E-state index < -0.39 is 0 Å². The number of likely N-dealkylation sites (tertiary alicyclic amines) is 1. The van der Waals surface area contributed by atoms with Crippen molar-refractivity contribution in [1.82, 2.24) is 15.1 Å². The van der Waals surface area contributed by atoms with E-state index in [2.05, 4.69) is 10.2 Å². The van der Waals surface area contributed by atoms with Crippen LogP contribution in [-0.2, 0) is 4.79 Å². The summed E-state index contributed by atoms with van der Waals surface area (Å²) in [5.74, 6) is 1.08. The van der Waals surface area contributed by atoms with Gasteiger partial charge in [0.2, 0.25) is 11.8 Å². The quantitative estimate of drug-likeness (QED) is 0.723. The smallest absolute Gasteiger partial charge is 0.277 e. The third-order valence-electron chi connectivity index (χ3n) is 2.29. The first kappa shape index (κ1) is 10.5. The van der Waals surface area contributed by atoms with Gasteiger partial charge in [0.25, 0.3) is 5.22 Å². The van der Waals surface area contributed by atoms with Crippen molar-refractivity contribution in [2.24, 2.45) is 0 Å². The van der Waals surface area contributed by atoms with Crippen LogP contribution in [0.2, 0.25) is 0 Å². The molecule has 2 rings (SSSR count). The molecule has 1 saturated heterocycles. The highest BCUT2D eigenvalue weighted by Gasteiger charge is 2.18. The molecule has 0 spiro atoms. The lowest BCUT2D eigenvalue weighted by Crippen LogP contribution is -2.29. The number of thioether (sulfide) groups is 1. The Morgan fingerprint density at radius 2 is 2.20 bits per heavy atom. The van der Waals surface area contributed by atoms with Crippen molar-refractivity contribution in [3.05, 3.63) is 5.89 Å². The standard InChI is InChI=1S/C9H13N3O2S/c1-7-10-11-9(14-7)15-6-8(13)12-4-2-3-5-12/h2-6H2,1H3. The van der Waals surface area contributed by atoms with Crippen LogP contribution >= 0.6 is 11.8 Å². The maximum Gasteiger partial charge on any atom is 0.277 e. The van der Waals surface area contributed by atoms with Crippen molar-refractivity contribution in [2.75, 3.05) is 18.8 Å². The summed E-state index contributed by atoms with van der Waals surface area (Å²) in [6.07, 6.45) is 2.24. The van der Waals surface area contributed by atoms with Gasteiger partial charge in [-0.1, -0.05) is 11.8 Å². The van der Waals surface area contributed by atoms with E-state index in [1.807, 2.05) is 4.90 Å². The molecule has 1 aromatic rings. The van der Waals surface area contributed by atoms with E-state index in [4.69, 9.17) is 4.42 Å². The van der Waals surface area contributed by atoms with Crippen LogP contribution in [0.15, 0.2) is 9.64 Å². The van der Waals surface area contributed by atoms with E-state index in [1.54, 1.807) is 6.92 Å². The summed E-state index contributed by atoms with van der Waals surface area (Å²) >= 11 is 1.30. The van der Waals surface area contributed by atoms with E-state index >= 15 is 0 Å². The van der Waals surface area contributed by atoms with E-state index in [9.17, 15) is 4.79 Å². The van der Waals surface area contributed by atoms with Gasteiger partial charge >= 0.3 is 0 Å². The number of nitrogens with zero attached hydrogens (tertiary/aromatic N) is 3. The van der Waals surface area contributed by atoms with Gasteiger partial charge in [0.15, 0.2) is 0 Å². The molecule has 1 aliphatic heterocycles. The predicted molar refractivity (Wildman–Crippen MR) is 55.6 cm³/mol. The minimum absolute atomic E-state index is 0.161. The first-order valence-electron chi connectivity index (χ1n) is 4.96. The summed E-state index contributed by atoms with van der Waals surface area (Å²) in [6.45, 7) is 3.52. The fourth-order valence-electron chi connectivity index (χ4n) is 1.52. The Morgan fingerprint density at radius 3 is 2.80 bits per heavy atom. The van der Waals surface area contributed by atoms with Gasteiger partial charge in [-0.15, -0.1) is 10.2 Å². The largest absolute Gasteiger partial charge is 0.416 e. The average Bonchev–Trinajstić information content (AvgIpc) is 2.84. The van der Waals surface area contributed by atoms with Gasteiger partial charge in [0.1, 0.15) is 0 Å². The van der Waals surface area contributed by atoms with Gasteiger partial charge in [0.05, 0.1) is 5.75 Å². The molecular formula is C9H13N3O2S. The molecule has 6 heteroatoms. The summed E-state index contributed by atoms with van der Waals surface area (Å²) in [5, 5.41) is 7.99. The lowest BCUT2D eigenvalue weighted by atomic mass is 10.4. The monoisotopic (exact) mass is 227 g/mol. The van der Waals surface area contributed by atoms with E-state index in [1.165, 1.54) is 11.8 Å². The Labute approximate surface area is 92.2 Å². The molecule has 1 amide bonds. The number of hydrogen-bond donors (Lipinski definition) is 0. The zero-order valence-corrected chi connectivity index (χ0v) is 9.42. The number of carbonyl (C=O) groups is 1. The molecule has 1 aliphatic rings. The molecular weight excluding hydrogens is 214 g/mol. The van der Waals surface area contributed by atoms with Crippen LogP contribution in [-0.4, -0.2) is 39.8 Å². The first-order chi connectivity index (χ1) is 7.25. The van der Waals surface area contributed by atoms with E-state index in [-0.39, 0.29) is 5.91 Å². The van der Waals surface area contributed by atoms with Crippen LogP contribution in [0.5, 0.6) is 0 Å². The van der Waals surface area contributed by atoms with Crippen LogP contribution in [0.3, 0.4) is 0 Å². The number of aromatic nitrogens is 2. The molecule has 0 bridgehead atoms. The first-order valence-corrected chi connectivity index (χ1v) is 5.95. The maximum atomic E-state index is 11.6. The van der Waals surface area contributed by atoms with Gasteiger partial charge in [-0.25, -0.2) is 0 Å². The second kappa shape index (κ2) is 4.65. The molecule has 0 saturated carbocycles. The second-order valence-corrected chi connectivity index (χ2v) is 4.39. The maximum absolute atomic E-state index is 11.6. The lowest BCUT2D eigenvalue weighted by molar-refractivity contribution is -0.127. The summed E-state index contributed by atoms with van der Waals surface area (Å²) in [7, 11) is 0. The van der Waals surface area contributed by atoms with E-state index in [0.29, 0.717) is 16.9 Å². The van der Waals surface area contributed by atoms with E-state index in [0.717, 1.165) is 25.9 Å². The second-order valence-electron chi connectivity index (χ2n) is 3.46. The van der Waals surface area contributed by atoms with Crippen LogP contribution < -0.4 is 0 Å². The molecule has 2 heterocycles. The Hall–Kier alpha value is -1.04. The minimum Gasteiger partial charge on any atom is -0.416 e. The number of carbonyl (C=O) groups excluding carboxylic acids is 1. The molecule has 0 radical (unpaired) electrons. The number of hydrogen-bond acceptors (Lipinski definition) is 5. The summed E-state index contributed by atoms with van der Waals surface area (Å²) in [4.78, 5) is 13.5. The van der Waals surface area contributed by atoms with Crippen LogP contribution in [0, 0.1) is 6.92 Å². The van der Waals surface area contributed by atoms with Crippen molar-refractivity contribution in [3.63, 3.8) is 0 Å². The van der Waals surface area contributed by atoms with Gasteiger partial charge in [-0.05, 0) is 12.8 Å². The molecule has 82 valence electrons. The van der Waals surface area contributed by atoms with Crippen LogP contribution in [0.4, 0.5) is 0 Å². The Bertz CT molecular complexity index is 347. The molecule has 0 unspecified atom stereocenters. The zero-order chi connectivity index (χ0) is 10.7. The summed E-state index contributed by atoms with van der Waals surface area (Å²) in [5.41, 5.74) is 0. The average molecular weight is 227 g/mol. The molecule has 0 aliphatic carbocycles. The lowest BCUT2D eigenvalue weighted by Gasteiger charge is -2.13. The SMILES string of the molecule is Cc1nnc(SCC(=O)N2CCCC2)o1. The Balaban J connectivity index is 1.80. The predicted octanol–water partition coefficient (Wildman–Crippen LogP) is 1.09. The van der Waals surface area contributed by atoms with Crippen molar-refractivity contribution >= 4 is 17.7 Å². The fraction of sp³-hybridized carbons (Fsp3) is 0.667. The zero-order valence-electron chi connectivity index (χ0n) is 8.60. The molecule has 1 fully saturated rings. The molecule has 0 aromatic carbocycles. The van der Waals surface area contributed by atoms with Gasteiger partial charge in [0, 0.05) is 20.0 Å². The number of amides is 1. The van der Waals surface area contributed by atoms with Crippen molar-refractivity contribution in [3.8, 4) is 0 Å². The number of rotatable bonds is 3. The molecule has 0 atom stereocenters. The third kappa shape index (κ3) is 2.71. The molecule has 5 nitrogen and oxygen atoms in total. The third-order valence-corrected chi connectivity index (χ3v) is 3.09. The molecule has 0 N–H and O–H groups in total. The summed E-state index contributed by atoms with van der Waals surface area (Å²) < 4.78 is 5.17. The molecule has 1 aromatic heterocycles. The van der Waals surface area contributed by atoms with Crippen molar-refractivity contribution in [2.45, 2.75) is 25.0 Å². The normalized spacial score (nSPS) is 15.9. The number of aryl methyl sites for hydroxylation is 1. The van der Waals surface area contributed by atoms with Crippen molar-refractivity contribution in [1.29, 1.82) is 0 Å². The van der Waals surface area contributed by atoms with Gasteiger partial charge in [-0.2, -0.15) is 0 Å². The Kier molecular flexibility index (Phi) is 3.25. The Morgan fingerprint density at radius 1 is 1.47 bits per heavy atom. The van der Waals surface area contributed by atoms with Crippen LogP contribution in [0.25, 0.3) is 0 Å². The highest BCUT2D eigenvalue weighted by atomic mass is 32.2. The summed E-state index contributed by atoms with van der Waals surface area (Å²) in [6, 6.07) is 0. The van der Waals surface area contributed by atoms with Crippen molar-refractivity contribution < 1.29 is 9.21 Å². The highest BCUT2D eigenvalue weighted by molar-refractivity contribution is 7.99. The van der Waals surface area contributed by atoms with Crippen LogP contribution in [0.1, 0.15) is 18.7 Å². The fourth-order valence-corrected chi connectivity index (χ4v) is 2.23. The molecule has 15 heavy (non-hydrogen) atoms.